The first-order chi connectivity index (χ1) is 9.77. The number of hydrogen-bond acceptors (Lipinski definition) is 3. The third kappa shape index (κ3) is 4.53. The summed E-state index contributed by atoms with van der Waals surface area (Å²) in [6, 6.07) is 9.79. The summed E-state index contributed by atoms with van der Waals surface area (Å²) in [5.41, 5.74) is 0. The number of likely N-dealkylation sites (N-methyl/N-ethyl adjacent to an activating group) is 1. The van der Waals surface area contributed by atoms with Gasteiger partial charge < -0.3 is 15.0 Å². The summed E-state index contributed by atoms with van der Waals surface area (Å²) >= 11 is 0. The van der Waals surface area contributed by atoms with E-state index in [0.29, 0.717) is 6.61 Å². The average Bonchev–Trinajstić information content (AvgIpc) is 2.52. The second-order valence-corrected chi connectivity index (χ2v) is 5.28. The van der Waals surface area contributed by atoms with Gasteiger partial charge in [-0.15, -0.1) is 0 Å². The fourth-order valence-electron chi connectivity index (χ4n) is 2.45. The maximum Gasteiger partial charge on any atom is 0.239 e. The molecule has 1 atom stereocenters. The van der Waals surface area contributed by atoms with E-state index in [4.69, 9.17) is 4.74 Å². The van der Waals surface area contributed by atoms with Gasteiger partial charge in [-0.3, -0.25) is 4.79 Å². The van der Waals surface area contributed by atoms with Crippen LogP contribution >= 0.6 is 0 Å². The molecule has 1 aliphatic rings. The van der Waals surface area contributed by atoms with Gasteiger partial charge in [0, 0.05) is 13.6 Å². The molecule has 0 aromatic heterocycles. The third-order valence-corrected chi connectivity index (χ3v) is 3.63. The van der Waals surface area contributed by atoms with Crippen molar-refractivity contribution < 1.29 is 9.53 Å². The van der Waals surface area contributed by atoms with Crippen molar-refractivity contribution in [2.75, 3.05) is 26.7 Å². The Morgan fingerprint density at radius 3 is 2.85 bits per heavy atom. The average molecular weight is 276 g/mol. The molecule has 0 spiro atoms. The van der Waals surface area contributed by atoms with Crippen LogP contribution in [0.1, 0.15) is 25.7 Å². The van der Waals surface area contributed by atoms with Crippen LogP contribution in [0.5, 0.6) is 5.75 Å². The van der Waals surface area contributed by atoms with E-state index in [0.717, 1.165) is 38.1 Å². The number of piperidine rings is 1. The summed E-state index contributed by atoms with van der Waals surface area (Å²) in [6.07, 6.45) is 4.14. The van der Waals surface area contributed by atoms with E-state index in [1.165, 1.54) is 6.42 Å². The molecule has 1 N–H and O–H groups in total. The summed E-state index contributed by atoms with van der Waals surface area (Å²) in [7, 11) is 1.88. The lowest BCUT2D eigenvalue weighted by Crippen LogP contribution is -2.47. The molecule has 0 bridgehead atoms. The maximum atomic E-state index is 12.2. The standard InChI is InChI=1S/C16H24N2O2/c1-18(16(19)15-10-5-6-11-17-15)12-7-13-20-14-8-3-2-4-9-14/h2-4,8-9,15,17H,5-7,10-13H2,1H3/t15-/m1/s1. The summed E-state index contributed by atoms with van der Waals surface area (Å²) < 4.78 is 5.63. The number of hydrogen-bond donors (Lipinski definition) is 1. The zero-order valence-electron chi connectivity index (χ0n) is 12.2. The van der Waals surface area contributed by atoms with E-state index in [2.05, 4.69) is 5.32 Å². The van der Waals surface area contributed by atoms with E-state index in [-0.39, 0.29) is 11.9 Å². The van der Waals surface area contributed by atoms with Gasteiger partial charge in [-0.1, -0.05) is 24.6 Å². The number of rotatable bonds is 6. The lowest BCUT2D eigenvalue weighted by Gasteiger charge is -2.27. The molecule has 1 saturated heterocycles. The van der Waals surface area contributed by atoms with Crippen LogP contribution in [0.3, 0.4) is 0 Å². The van der Waals surface area contributed by atoms with Gasteiger partial charge >= 0.3 is 0 Å². The molecule has 4 nitrogen and oxygen atoms in total. The van der Waals surface area contributed by atoms with Crippen LogP contribution in [0.4, 0.5) is 0 Å². The Kier molecular flexibility index (Phi) is 5.87. The lowest BCUT2D eigenvalue weighted by molar-refractivity contribution is -0.132. The van der Waals surface area contributed by atoms with E-state index in [1.807, 2.05) is 42.3 Å². The van der Waals surface area contributed by atoms with Crippen LogP contribution in [0.2, 0.25) is 0 Å². The normalized spacial score (nSPS) is 18.6. The minimum Gasteiger partial charge on any atom is -0.494 e. The Morgan fingerprint density at radius 1 is 1.35 bits per heavy atom. The van der Waals surface area contributed by atoms with Crippen molar-refractivity contribution in [1.82, 2.24) is 10.2 Å². The third-order valence-electron chi connectivity index (χ3n) is 3.63. The van der Waals surface area contributed by atoms with Crippen molar-refractivity contribution in [2.45, 2.75) is 31.7 Å². The zero-order valence-corrected chi connectivity index (χ0v) is 12.2. The second-order valence-electron chi connectivity index (χ2n) is 5.28. The van der Waals surface area contributed by atoms with Gasteiger partial charge in [-0.05, 0) is 37.9 Å². The molecule has 0 aliphatic carbocycles. The van der Waals surface area contributed by atoms with E-state index in [1.54, 1.807) is 0 Å². The monoisotopic (exact) mass is 276 g/mol. The van der Waals surface area contributed by atoms with E-state index in [9.17, 15) is 4.79 Å². The van der Waals surface area contributed by atoms with Gasteiger partial charge in [0.15, 0.2) is 0 Å². The van der Waals surface area contributed by atoms with Gasteiger partial charge in [-0.2, -0.15) is 0 Å². The van der Waals surface area contributed by atoms with Crippen LogP contribution in [-0.4, -0.2) is 43.6 Å². The molecule has 1 aliphatic heterocycles. The minimum atomic E-state index is 0.0174. The van der Waals surface area contributed by atoms with Crippen molar-refractivity contribution in [3.8, 4) is 5.75 Å². The molecule has 1 aromatic rings. The number of benzene rings is 1. The number of amides is 1. The van der Waals surface area contributed by atoms with Gasteiger partial charge in [0.25, 0.3) is 0 Å². The number of carbonyl (C=O) groups is 1. The predicted octanol–water partition coefficient (Wildman–Crippen LogP) is 2.06. The van der Waals surface area contributed by atoms with Crippen LogP contribution in [0, 0.1) is 0 Å². The summed E-state index contributed by atoms with van der Waals surface area (Å²) in [5.74, 6) is 1.10. The summed E-state index contributed by atoms with van der Waals surface area (Å²) in [5, 5.41) is 3.29. The molecular weight excluding hydrogens is 252 g/mol. The molecule has 1 amide bonds. The highest BCUT2D eigenvalue weighted by atomic mass is 16.5. The van der Waals surface area contributed by atoms with Crippen LogP contribution in [-0.2, 0) is 4.79 Å². The minimum absolute atomic E-state index is 0.0174. The molecule has 2 rings (SSSR count). The van der Waals surface area contributed by atoms with Crippen LogP contribution in [0.25, 0.3) is 0 Å². The first kappa shape index (κ1) is 14.9. The highest BCUT2D eigenvalue weighted by Crippen LogP contribution is 2.10. The largest absolute Gasteiger partial charge is 0.494 e. The van der Waals surface area contributed by atoms with Gasteiger partial charge in [0.2, 0.25) is 5.91 Å². The second kappa shape index (κ2) is 7.90. The first-order valence-electron chi connectivity index (χ1n) is 7.43. The number of para-hydroxylation sites is 1. The molecule has 110 valence electrons. The molecule has 0 radical (unpaired) electrons. The van der Waals surface area contributed by atoms with Crippen molar-refractivity contribution in [1.29, 1.82) is 0 Å². The molecule has 1 aromatic carbocycles. The quantitative estimate of drug-likeness (QED) is 0.809. The molecule has 1 fully saturated rings. The molecule has 0 unspecified atom stereocenters. The Labute approximate surface area is 121 Å². The topological polar surface area (TPSA) is 41.6 Å². The zero-order chi connectivity index (χ0) is 14.2. The molecule has 0 saturated carbocycles. The van der Waals surface area contributed by atoms with Crippen molar-refractivity contribution >= 4 is 5.91 Å². The highest BCUT2D eigenvalue weighted by molar-refractivity contribution is 5.81. The molecular formula is C16H24N2O2. The van der Waals surface area contributed by atoms with Crippen molar-refractivity contribution in [2.24, 2.45) is 0 Å². The van der Waals surface area contributed by atoms with Crippen molar-refractivity contribution in [3.63, 3.8) is 0 Å². The van der Waals surface area contributed by atoms with Crippen LogP contribution in [0.15, 0.2) is 30.3 Å². The SMILES string of the molecule is CN(CCCOc1ccccc1)C(=O)[C@H]1CCCCN1. The van der Waals surface area contributed by atoms with E-state index >= 15 is 0 Å². The van der Waals surface area contributed by atoms with Crippen molar-refractivity contribution in [3.05, 3.63) is 30.3 Å². The number of nitrogens with one attached hydrogen (secondary N) is 1. The van der Waals surface area contributed by atoms with Gasteiger partial charge in [0.1, 0.15) is 5.75 Å². The maximum absolute atomic E-state index is 12.2. The highest BCUT2D eigenvalue weighted by Gasteiger charge is 2.23. The fraction of sp³-hybridized carbons (Fsp3) is 0.562. The Bertz CT molecular complexity index is 402. The number of ether oxygens (including phenoxy) is 1. The van der Waals surface area contributed by atoms with Crippen LogP contribution < -0.4 is 10.1 Å². The Balaban J connectivity index is 1.64. The molecule has 1 heterocycles. The first-order valence-corrected chi connectivity index (χ1v) is 7.43. The number of carbonyl (C=O) groups excluding carboxylic acids is 1. The van der Waals surface area contributed by atoms with Gasteiger partial charge in [-0.25, -0.2) is 0 Å². The molecule has 20 heavy (non-hydrogen) atoms. The Morgan fingerprint density at radius 2 is 2.15 bits per heavy atom. The Hall–Kier alpha value is -1.55. The smallest absolute Gasteiger partial charge is 0.239 e. The number of nitrogens with zero attached hydrogens (tertiary/aromatic N) is 1. The van der Waals surface area contributed by atoms with Gasteiger partial charge in [0.05, 0.1) is 12.6 Å². The molecule has 4 heteroatoms. The lowest BCUT2D eigenvalue weighted by atomic mass is 10.0. The summed E-state index contributed by atoms with van der Waals surface area (Å²) in [4.78, 5) is 14.0. The fourth-order valence-corrected chi connectivity index (χ4v) is 2.45. The predicted molar refractivity (Wildman–Crippen MR) is 79.8 cm³/mol. The van der Waals surface area contributed by atoms with E-state index < -0.39 is 0 Å². The summed E-state index contributed by atoms with van der Waals surface area (Å²) in [6.45, 7) is 2.34.